The number of carbonyl (C=O) groups excluding carboxylic acids is 1. The van der Waals surface area contributed by atoms with E-state index >= 15 is 0 Å². The number of amides is 1. The summed E-state index contributed by atoms with van der Waals surface area (Å²) in [4.78, 5) is 11.8. The van der Waals surface area contributed by atoms with Crippen LogP contribution in [-0.2, 0) is 4.74 Å². The maximum atomic E-state index is 12.2. The number of alkyl carbamates (subject to hydrolysis) is 1. The van der Waals surface area contributed by atoms with Gasteiger partial charge in [-0.1, -0.05) is 12.1 Å². The molecule has 0 aliphatic heterocycles. The number of hydrogen-bond acceptors (Lipinski definition) is 4. The Hall–Kier alpha value is -2.43. The SMILES string of the molecule is CC(C)(C)NC(=O)O[C@@H](CC#N)c1cccc(OC(F)(F)F)c1. The molecule has 1 aromatic rings. The summed E-state index contributed by atoms with van der Waals surface area (Å²) >= 11 is 0. The Morgan fingerprint density at radius 2 is 2.00 bits per heavy atom. The molecule has 1 N–H and O–H groups in total. The molecule has 0 aliphatic carbocycles. The summed E-state index contributed by atoms with van der Waals surface area (Å²) in [6.07, 6.45) is -6.79. The van der Waals surface area contributed by atoms with Crippen molar-refractivity contribution in [3.05, 3.63) is 29.8 Å². The van der Waals surface area contributed by atoms with E-state index in [1.807, 2.05) is 6.07 Å². The smallest absolute Gasteiger partial charge is 0.440 e. The van der Waals surface area contributed by atoms with E-state index in [1.165, 1.54) is 12.1 Å². The summed E-state index contributed by atoms with van der Waals surface area (Å²) in [6.45, 7) is 5.22. The van der Waals surface area contributed by atoms with Crippen molar-refractivity contribution >= 4 is 6.09 Å². The van der Waals surface area contributed by atoms with Crippen molar-refractivity contribution in [3.8, 4) is 11.8 Å². The number of ether oxygens (including phenoxy) is 2. The first-order valence-electron chi connectivity index (χ1n) is 6.71. The van der Waals surface area contributed by atoms with Crippen LogP contribution in [0.5, 0.6) is 5.75 Å². The lowest BCUT2D eigenvalue weighted by molar-refractivity contribution is -0.274. The minimum absolute atomic E-state index is 0.201. The van der Waals surface area contributed by atoms with Gasteiger partial charge in [-0.05, 0) is 38.5 Å². The van der Waals surface area contributed by atoms with Crippen LogP contribution in [-0.4, -0.2) is 18.0 Å². The second-order valence-electron chi connectivity index (χ2n) is 5.75. The number of carbonyl (C=O) groups is 1. The maximum Gasteiger partial charge on any atom is 0.573 e. The minimum atomic E-state index is -4.83. The van der Waals surface area contributed by atoms with Crippen molar-refractivity contribution in [2.24, 2.45) is 0 Å². The van der Waals surface area contributed by atoms with Gasteiger partial charge in [0.15, 0.2) is 0 Å². The molecule has 1 aromatic carbocycles. The maximum absolute atomic E-state index is 12.2. The number of nitrogens with one attached hydrogen (secondary N) is 1. The van der Waals surface area contributed by atoms with Crippen molar-refractivity contribution in [1.82, 2.24) is 5.32 Å². The third-order valence-electron chi connectivity index (χ3n) is 2.47. The zero-order valence-corrected chi connectivity index (χ0v) is 12.9. The molecule has 8 heteroatoms. The molecule has 126 valence electrons. The van der Waals surface area contributed by atoms with E-state index in [-0.39, 0.29) is 12.0 Å². The first-order chi connectivity index (χ1) is 10.5. The number of hydrogen-bond donors (Lipinski definition) is 1. The van der Waals surface area contributed by atoms with Gasteiger partial charge in [-0.15, -0.1) is 13.2 Å². The molecule has 0 radical (unpaired) electrons. The van der Waals surface area contributed by atoms with E-state index in [1.54, 1.807) is 20.8 Å². The van der Waals surface area contributed by atoms with Crippen LogP contribution in [0, 0.1) is 11.3 Å². The quantitative estimate of drug-likeness (QED) is 0.903. The number of halogens is 3. The highest BCUT2D eigenvalue weighted by Gasteiger charge is 2.31. The predicted octanol–water partition coefficient (Wildman–Crippen LogP) is 4.06. The van der Waals surface area contributed by atoms with Gasteiger partial charge in [-0.3, -0.25) is 0 Å². The Morgan fingerprint density at radius 3 is 2.52 bits per heavy atom. The van der Waals surface area contributed by atoms with E-state index in [2.05, 4.69) is 10.1 Å². The molecule has 1 rings (SSSR count). The summed E-state index contributed by atoms with van der Waals surface area (Å²) in [7, 11) is 0. The highest BCUT2D eigenvalue weighted by molar-refractivity contribution is 5.68. The van der Waals surface area contributed by atoms with Gasteiger partial charge in [-0.25, -0.2) is 4.79 Å². The standard InChI is InChI=1S/C15H17F3N2O3/c1-14(2,3)20-13(21)22-12(7-8-19)10-5-4-6-11(9-10)23-15(16,17)18/h4-6,9,12H,7H2,1-3H3,(H,20,21)/t12-/m0/s1. The minimum Gasteiger partial charge on any atom is -0.440 e. The first-order valence-corrected chi connectivity index (χ1v) is 6.71. The second kappa shape index (κ2) is 7.22. The molecule has 0 fully saturated rings. The van der Waals surface area contributed by atoms with Gasteiger partial charge in [0.1, 0.15) is 11.9 Å². The van der Waals surface area contributed by atoms with Crippen LogP contribution in [0.15, 0.2) is 24.3 Å². The molecule has 0 saturated carbocycles. The zero-order valence-electron chi connectivity index (χ0n) is 12.9. The lowest BCUT2D eigenvalue weighted by Gasteiger charge is -2.23. The van der Waals surface area contributed by atoms with Crippen LogP contribution >= 0.6 is 0 Å². The average molecular weight is 330 g/mol. The van der Waals surface area contributed by atoms with Gasteiger partial charge in [0, 0.05) is 5.54 Å². The third-order valence-corrected chi connectivity index (χ3v) is 2.47. The molecular weight excluding hydrogens is 313 g/mol. The number of nitriles is 1. The Bertz CT molecular complexity index is 589. The van der Waals surface area contributed by atoms with Crippen molar-refractivity contribution in [2.45, 2.75) is 45.2 Å². The third kappa shape index (κ3) is 7.40. The Labute approximate surface area is 132 Å². The highest BCUT2D eigenvalue weighted by Crippen LogP contribution is 2.28. The summed E-state index contributed by atoms with van der Waals surface area (Å²) in [5, 5.41) is 11.4. The highest BCUT2D eigenvalue weighted by atomic mass is 19.4. The van der Waals surface area contributed by atoms with Crippen molar-refractivity contribution in [3.63, 3.8) is 0 Å². The number of alkyl halides is 3. The average Bonchev–Trinajstić information content (AvgIpc) is 2.34. The lowest BCUT2D eigenvalue weighted by atomic mass is 10.1. The molecule has 1 atom stereocenters. The monoisotopic (exact) mass is 330 g/mol. The summed E-state index contributed by atoms with van der Waals surface area (Å²) < 4.78 is 45.7. The van der Waals surface area contributed by atoms with E-state index in [0.29, 0.717) is 0 Å². The van der Waals surface area contributed by atoms with Gasteiger partial charge in [0.25, 0.3) is 0 Å². The van der Waals surface area contributed by atoms with Crippen molar-refractivity contribution < 1.29 is 27.4 Å². The Kier molecular flexibility index (Phi) is 5.85. The van der Waals surface area contributed by atoms with E-state index in [0.717, 1.165) is 12.1 Å². The summed E-state index contributed by atoms with van der Waals surface area (Å²) in [5.41, 5.74) is -0.312. The van der Waals surface area contributed by atoms with Gasteiger partial charge in [0.05, 0.1) is 12.5 Å². The van der Waals surface area contributed by atoms with Gasteiger partial charge >= 0.3 is 12.5 Å². The van der Waals surface area contributed by atoms with Crippen LogP contribution in [0.25, 0.3) is 0 Å². The molecule has 0 heterocycles. The molecule has 0 aromatic heterocycles. The predicted molar refractivity (Wildman–Crippen MR) is 75.5 cm³/mol. The van der Waals surface area contributed by atoms with E-state index in [9.17, 15) is 18.0 Å². The fourth-order valence-electron chi connectivity index (χ4n) is 1.69. The van der Waals surface area contributed by atoms with Gasteiger partial charge in [-0.2, -0.15) is 5.26 Å². The van der Waals surface area contributed by atoms with Crippen LogP contribution in [0.3, 0.4) is 0 Å². The second-order valence-corrected chi connectivity index (χ2v) is 5.75. The molecule has 0 unspecified atom stereocenters. The summed E-state index contributed by atoms with van der Waals surface area (Å²) in [6, 6.07) is 6.82. The molecule has 0 aliphatic rings. The molecule has 5 nitrogen and oxygen atoms in total. The molecule has 1 amide bonds. The van der Waals surface area contributed by atoms with Gasteiger partial charge in [0.2, 0.25) is 0 Å². The van der Waals surface area contributed by atoms with E-state index < -0.39 is 29.8 Å². The van der Waals surface area contributed by atoms with Gasteiger partial charge < -0.3 is 14.8 Å². The van der Waals surface area contributed by atoms with Crippen LogP contribution in [0.4, 0.5) is 18.0 Å². The van der Waals surface area contributed by atoms with Crippen LogP contribution in [0.2, 0.25) is 0 Å². The number of nitrogens with zero attached hydrogens (tertiary/aromatic N) is 1. The fourth-order valence-corrected chi connectivity index (χ4v) is 1.69. The molecule has 23 heavy (non-hydrogen) atoms. The largest absolute Gasteiger partial charge is 0.573 e. The fraction of sp³-hybridized carbons (Fsp3) is 0.467. The molecule has 0 spiro atoms. The molecular formula is C15H17F3N2O3. The van der Waals surface area contributed by atoms with Crippen molar-refractivity contribution in [1.29, 1.82) is 5.26 Å². The lowest BCUT2D eigenvalue weighted by Crippen LogP contribution is -2.41. The topological polar surface area (TPSA) is 71.3 Å². The number of rotatable bonds is 4. The van der Waals surface area contributed by atoms with Crippen LogP contribution in [0.1, 0.15) is 38.9 Å². The Morgan fingerprint density at radius 1 is 1.35 bits per heavy atom. The van der Waals surface area contributed by atoms with Crippen molar-refractivity contribution in [2.75, 3.05) is 0 Å². The Balaban J connectivity index is 2.91. The van der Waals surface area contributed by atoms with Crippen LogP contribution < -0.4 is 10.1 Å². The summed E-state index contributed by atoms with van der Waals surface area (Å²) in [5.74, 6) is -0.447. The van der Waals surface area contributed by atoms with E-state index in [4.69, 9.17) is 10.00 Å². The molecule has 0 bridgehead atoms. The molecule has 0 saturated heterocycles. The normalized spacial score (nSPS) is 12.9. The zero-order chi connectivity index (χ0) is 17.7. The first kappa shape index (κ1) is 18.6. The number of benzene rings is 1.